The Labute approximate surface area is 113 Å². The van der Waals surface area contributed by atoms with Gasteiger partial charge in [-0.3, -0.25) is 4.98 Å². The van der Waals surface area contributed by atoms with Crippen LogP contribution in [0, 0.1) is 0 Å². The Bertz CT molecular complexity index is 499. The average molecular weight is 313 g/mol. The maximum atomic E-state index is 5.62. The van der Waals surface area contributed by atoms with Crippen molar-refractivity contribution in [3.8, 4) is 5.75 Å². The molecule has 0 fully saturated rings. The molecule has 0 bridgehead atoms. The van der Waals surface area contributed by atoms with Gasteiger partial charge >= 0.3 is 0 Å². The number of halogens is 1. The first-order valence-electron chi connectivity index (χ1n) is 5.33. The molecule has 0 atom stereocenters. The van der Waals surface area contributed by atoms with E-state index in [4.69, 9.17) is 4.74 Å². The lowest BCUT2D eigenvalue weighted by Gasteiger charge is -2.03. The molecule has 2 rings (SSSR count). The number of hydrogen-bond acceptors (Lipinski definition) is 4. The largest absolute Gasteiger partial charge is 0.486 e. The minimum Gasteiger partial charge on any atom is -0.486 e. The van der Waals surface area contributed by atoms with Crippen molar-refractivity contribution in [2.24, 2.45) is 0 Å². The van der Waals surface area contributed by atoms with Crippen molar-refractivity contribution < 1.29 is 4.74 Å². The van der Waals surface area contributed by atoms with Crippen LogP contribution in [0.1, 0.15) is 30.5 Å². The molecule has 0 saturated carbocycles. The highest BCUT2D eigenvalue weighted by molar-refractivity contribution is 9.10. The number of hydrogen-bond donors (Lipinski definition) is 0. The van der Waals surface area contributed by atoms with E-state index >= 15 is 0 Å². The van der Waals surface area contributed by atoms with E-state index in [9.17, 15) is 0 Å². The lowest BCUT2D eigenvalue weighted by atomic mass is 10.2. The van der Waals surface area contributed by atoms with Crippen molar-refractivity contribution in [2.45, 2.75) is 26.4 Å². The third kappa shape index (κ3) is 3.51. The third-order valence-corrected chi connectivity index (χ3v) is 3.76. The fraction of sp³-hybridized carbons (Fsp3) is 0.333. The summed E-state index contributed by atoms with van der Waals surface area (Å²) in [5, 5.41) is 3.19. The number of pyridine rings is 1. The average Bonchev–Trinajstić information content (AvgIpc) is 2.75. The highest BCUT2D eigenvalue weighted by Crippen LogP contribution is 2.21. The molecule has 0 N–H and O–H groups in total. The Kier molecular flexibility index (Phi) is 4.12. The minimum atomic E-state index is 0.473. The normalized spacial score (nSPS) is 10.8. The van der Waals surface area contributed by atoms with Gasteiger partial charge in [-0.1, -0.05) is 13.8 Å². The van der Waals surface area contributed by atoms with Gasteiger partial charge in [0.1, 0.15) is 12.4 Å². The van der Waals surface area contributed by atoms with Crippen LogP contribution >= 0.6 is 27.3 Å². The lowest BCUT2D eigenvalue weighted by Crippen LogP contribution is -1.97. The van der Waals surface area contributed by atoms with Crippen molar-refractivity contribution >= 4 is 27.3 Å². The molecule has 5 heteroatoms. The van der Waals surface area contributed by atoms with Crippen LogP contribution in [0.15, 0.2) is 28.3 Å². The van der Waals surface area contributed by atoms with Crippen LogP contribution in [0.3, 0.4) is 0 Å². The number of thiazole rings is 1. The highest BCUT2D eigenvalue weighted by atomic mass is 79.9. The van der Waals surface area contributed by atoms with Crippen molar-refractivity contribution in [2.75, 3.05) is 0 Å². The van der Waals surface area contributed by atoms with Gasteiger partial charge in [0.2, 0.25) is 0 Å². The maximum absolute atomic E-state index is 5.62. The summed E-state index contributed by atoms with van der Waals surface area (Å²) in [6.45, 7) is 4.77. The van der Waals surface area contributed by atoms with Gasteiger partial charge < -0.3 is 4.74 Å². The first-order chi connectivity index (χ1) is 8.15. The van der Waals surface area contributed by atoms with Crippen LogP contribution in [0.5, 0.6) is 5.75 Å². The van der Waals surface area contributed by atoms with E-state index in [-0.39, 0.29) is 0 Å². The zero-order valence-electron chi connectivity index (χ0n) is 9.68. The van der Waals surface area contributed by atoms with Gasteiger partial charge in [-0.05, 0) is 22.0 Å². The summed E-state index contributed by atoms with van der Waals surface area (Å²) in [6.07, 6.45) is 3.42. The second-order valence-corrected chi connectivity index (χ2v) is 5.76. The standard InChI is InChI=1S/C12H13BrN2OS/c1-8(2)12-15-10(7-17-12)6-16-11-3-9(13)4-14-5-11/h3-5,7-8H,6H2,1-2H3. The molecule has 0 radical (unpaired) electrons. The predicted molar refractivity (Wildman–Crippen MR) is 72.5 cm³/mol. The first-order valence-corrected chi connectivity index (χ1v) is 7.00. The molecule has 0 aliphatic carbocycles. The number of nitrogens with zero attached hydrogens (tertiary/aromatic N) is 2. The van der Waals surface area contributed by atoms with Crippen LogP contribution < -0.4 is 4.74 Å². The SMILES string of the molecule is CC(C)c1nc(COc2cncc(Br)c2)cs1. The zero-order valence-corrected chi connectivity index (χ0v) is 12.1. The second kappa shape index (κ2) is 5.60. The van der Waals surface area contributed by atoms with E-state index < -0.39 is 0 Å². The molecule has 0 spiro atoms. The first kappa shape index (κ1) is 12.5. The van der Waals surface area contributed by atoms with Crippen molar-refractivity contribution in [1.29, 1.82) is 0 Å². The Morgan fingerprint density at radius 1 is 1.41 bits per heavy atom. The van der Waals surface area contributed by atoms with Gasteiger partial charge in [-0.25, -0.2) is 4.98 Å². The molecule has 2 aromatic heterocycles. The highest BCUT2D eigenvalue weighted by Gasteiger charge is 2.06. The molecular formula is C12H13BrN2OS. The van der Waals surface area contributed by atoms with Crippen LogP contribution in [-0.2, 0) is 6.61 Å². The number of ether oxygens (including phenoxy) is 1. The predicted octanol–water partition coefficient (Wildman–Crippen LogP) is 4.00. The molecule has 17 heavy (non-hydrogen) atoms. The van der Waals surface area contributed by atoms with Crippen molar-refractivity contribution in [3.63, 3.8) is 0 Å². The van der Waals surface area contributed by atoms with Gasteiger partial charge in [-0.2, -0.15) is 0 Å². The van der Waals surface area contributed by atoms with Gasteiger partial charge in [0, 0.05) is 22.0 Å². The van der Waals surface area contributed by atoms with E-state index in [1.54, 1.807) is 23.7 Å². The van der Waals surface area contributed by atoms with Gasteiger partial charge in [0.05, 0.1) is 16.9 Å². The summed E-state index contributed by atoms with van der Waals surface area (Å²) < 4.78 is 6.53. The third-order valence-electron chi connectivity index (χ3n) is 2.13. The summed E-state index contributed by atoms with van der Waals surface area (Å²) in [5.74, 6) is 1.22. The maximum Gasteiger partial charge on any atom is 0.139 e. The summed E-state index contributed by atoms with van der Waals surface area (Å²) >= 11 is 5.04. The van der Waals surface area contributed by atoms with E-state index in [2.05, 4.69) is 39.7 Å². The van der Waals surface area contributed by atoms with E-state index in [0.29, 0.717) is 12.5 Å². The Hall–Kier alpha value is -0.940. The van der Waals surface area contributed by atoms with Crippen molar-refractivity contribution in [3.05, 3.63) is 39.0 Å². The summed E-state index contributed by atoms with van der Waals surface area (Å²) in [7, 11) is 0. The Morgan fingerprint density at radius 3 is 2.88 bits per heavy atom. The Balaban J connectivity index is 1.97. The van der Waals surface area contributed by atoms with Gasteiger partial charge in [-0.15, -0.1) is 11.3 Å². The molecule has 0 aliphatic rings. The molecule has 0 aromatic carbocycles. The van der Waals surface area contributed by atoms with Crippen LogP contribution in [0.4, 0.5) is 0 Å². The zero-order chi connectivity index (χ0) is 12.3. The molecular weight excluding hydrogens is 300 g/mol. The molecule has 2 heterocycles. The summed E-state index contributed by atoms with van der Waals surface area (Å²) in [5.41, 5.74) is 0.971. The molecule has 3 nitrogen and oxygen atoms in total. The Morgan fingerprint density at radius 2 is 2.24 bits per heavy atom. The molecule has 0 unspecified atom stereocenters. The van der Waals surface area contributed by atoms with E-state index in [1.165, 1.54) is 0 Å². The van der Waals surface area contributed by atoms with Crippen LogP contribution in [-0.4, -0.2) is 9.97 Å². The van der Waals surface area contributed by atoms with Gasteiger partial charge in [0.15, 0.2) is 0 Å². The monoisotopic (exact) mass is 312 g/mol. The summed E-state index contributed by atoms with van der Waals surface area (Å²) in [4.78, 5) is 8.55. The number of aromatic nitrogens is 2. The molecule has 0 amide bonds. The van der Waals surface area contributed by atoms with Crippen LogP contribution in [0.25, 0.3) is 0 Å². The van der Waals surface area contributed by atoms with E-state index in [1.807, 2.05) is 11.4 Å². The quantitative estimate of drug-likeness (QED) is 0.855. The molecule has 0 saturated heterocycles. The fourth-order valence-corrected chi connectivity index (χ4v) is 2.45. The van der Waals surface area contributed by atoms with E-state index in [0.717, 1.165) is 20.9 Å². The van der Waals surface area contributed by atoms with Crippen molar-refractivity contribution in [1.82, 2.24) is 9.97 Å². The molecule has 0 aliphatic heterocycles. The van der Waals surface area contributed by atoms with Gasteiger partial charge in [0.25, 0.3) is 0 Å². The fourth-order valence-electron chi connectivity index (χ4n) is 1.28. The minimum absolute atomic E-state index is 0.473. The summed E-state index contributed by atoms with van der Waals surface area (Å²) in [6, 6.07) is 1.89. The lowest BCUT2D eigenvalue weighted by molar-refractivity contribution is 0.300. The number of rotatable bonds is 4. The smallest absolute Gasteiger partial charge is 0.139 e. The molecule has 90 valence electrons. The van der Waals surface area contributed by atoms with Crippen LogP contribution in [0.2, 0.25) is 0 Å². The topological polar surface area (TPSA) is 35.0 Å². The second-order valence-electron chi connectivity index (χ2n) is 3.96. The molecule has 2 aromatic rings.